The molecule has 2 aromatic rings. The molecule has 28 heavy (non-hydrogen) atoms. The SMILES string of the molecule is CO[C@@H]1C[C@@H](OC(=O)c2ccc(C)cc2)[C@H](COC(=O)c2ccc(C)cc2)O1. The van der Waals surface area contributed by atoms with Gasteiger partial charge in [-0.2, -0.15) is 0 Å². The van der Waals surface area contributed by atoms with Crippen LogP contribution in [0.2, 0.25) is 0 Å². The standard InChI is InChI=1S/C22H24O6/c1-14-4-8-16(9-5-14)21(23)26-13-19-18(12-20(25-3)27-19)28-22(24)17-10-6-15(2)7-11-17/h4-11,18-20H,12-13H2,1-3H3/t18-,19+,20+/m1/s1. The van der Waals surface area contributed by atoms with Gasteiger partial charge in [-0.05, 0) is 38.1 Å². The monoisotopic (exact) mass is 384 g/mol. The highest BCUT2D eigenvalue weighted by atomic mass is 16.7. The molecule has 0 radical (unpaired) electrons. The van der Waals surface area contributed by atoms with Gasteiger partial charge in [-0.3, -0.25) is 0 Å². The lowest BCUT2D eigenvalue weighted by Gasteiger charge is -2.19. The maximum Gasteiger partial charge on any atom is 0.338 e. The summed E-state index contributed by atoms with van der Waals surface area (Å²) >= 11 is 0. The van der Waals surface area contributed by atoms with E-state index in [9.17, 15) is 9.59 Å². The minimum atomic E-state index is -0.589. The number of rotatable bonds is 6. The third-order valence-corrected chi connectivity index (χ3v) is 4.64. The Labute approximate surface area is 164 Å². The molecule has 6 nitrogen and oxygen atoms in total. The zero-order valence-corrected chi connectivity index (χ0v) is 16.2. The zero-order valence-electron chi connectivity index (χ0n) is 16.2. The van der Waals surface area contributed by atoms with E-state index in [0.29, 0.717) is 17.5 Å². The zero-order chi connectivity index (χ0) is 20.1. The van der Waals surface area contributed by atoms with Crippen LogP contribution in [-0.2, 0) is 18.9 Å². The Bertz CT molecular complexity index is 812. The van der Waals surface area contributed by atoms with Gasteiger partial charge in [0.05, 0.1) is 11.1 Å². The van der Waals surface area contributed by atoms with Gasteiger partial charge >= 0.3 is 11.9 Å². The van der Waals surface area contributed by atoms with E-state index in [1.807, 2.05) is 38.1 Å². The molecular weight excluding hydrogens is 360 g/mol. The predicted octanol–water partition coefficient (Wildman–Crippen LogP) is 3.45. The van der Waals surface area contributed by atoms with Crippen LogP contribution < -0.4 is 0 Å². The minimum Gasteiger partial charge on any atom is -0.459 e. The van der Waals surface area contributed by atoms with Crippen LogP contribution in [0.1, 0.15) is 38.3 Å². The lowest BCUT2D eigenvalue weighted by molar-refractivity contribution is -0.128. The smallest absolute Gasteiger partial charge is 0.338 e. The van der Waals surface area contributed by atoms with E-state index in [4.69, 9.17) is 18.9 Å². The van der Waals surface area contributed by atoms with Gasteiger partial charge < -0.3 is 18.9 Å². The molecule has 0 N–H and O–H groups in total. The van der Waals surface area contributed by atoms with Crippen LogP contribution in [0.3, 0.4) is 0 Å². The fraction of sp³-hybridized carbons (Fsp3) is 0.364. The molecule has 0 amide bonds. The Balaban J connectivity index is 1.61. The number of methoxy groups -OCH3 is 1. The summed E-state index contributed by atoms with van der Waals surface area (Å²) < 4.78 is 21.9. The van der Waals surface area contributed by atoms with Gasteiger partial charge in [0.2, 0.25) is 0 Å². The molecule has 1 aliphatic heterocycles. The Hall–Kier alpha value is -2.70. The van der Waals surface area contributed by atoms with Crippen LogP contribution in [-0.4, -0.2) is 44.2 Å². The molecule has 1 aliphatic rings. The summed E-state index contributed by atoms with van der Waals surface area (Å²) in [5, 5.41) is 0. The molecule has 0 bridgehead atoms. The van der Waals surface area contributed by atoms with E-state index in [2.05, 4.69) is 0 Å². The first-order chi connectivity index (χ1) is 13.5. The van der Waals surface area contributed by atoms with Crippen molar-refractivity contribution in [3.63, 3.8) is 0 Å². The number of carbonyl (C=O) groups excluding carboxylic acids is 2. The van der Waals surface area contributed by atoms with Crippen LogP contribution in [0.25, 0.3) is 0 Å². The summed E-state index contributed by atoms with van der Waals surface area (Å²) in [5.41, 5.74) is 3.03. The van der Waals surface area contributed by atoms with Gasteiger partial charge in [0.1, 0.15) is 18.8 Å². The van der Waals surface area contributed by atoms with E-state index >= 15 is 0 Å². The van der Waals surface area contributed by atoms with Crippen molar-refractivity contribution in [2.24, 2.45) is 0 Å². The van der Waals surface area contributed by atoms with Crippen molar-refractivity contribution in [1.29, 1.82) is 0 Å². The van der Waals surface area contributed by atoms with Gasteiger partial charge in [0.25, 0.3) is 0 Å². The largest absolute Gasteiger partial charge is 0.459 e. The van der Waals surface area contributed by atoms with Crippen molar-refractivity contribution in [1.82, 2.24) is 0 Å². The molecule has 2 aromatic carbocycles. The number of aryl methyl sites for hydroxylation is 2. The summed E-state index contributed by atoms with van der Waals surface area (Å²) in [6.07, 6.45) is -1.29. The quantitative estimate of drug-likeness (QED) is 0.711. The van der Waals surface area contributed by atoms with Gasteiger partial charge in [-0.1, -0.05) is 35.4 Å². The predicted molar refractivity (Wildman–Crippen MR) is 102 cm³/mol. The molecule has 1 saturated heterocycles. The lowest BCUT2D eigenvalue weighted by atomic mass is 10.1. The van der Waals surface area contributed by atoms with Crippen molar-refractivity contribution in [2.45, 2.75) is 38.8 Å². The Kier molecular flexibility index (Phi) is 6.44. The highest BCUT2D eigenvalue weighted by Crippen LogP contribution is 2.25. The van der Waals surface area contributed by atoms with E-state index < -0.39 is 30.4 Å². The van der Waals surface area contributed by atoms with Crippen molar-refractivity contribution < 1.29 is 28.5 Å². The second kappa shape index (κ2) is 8.99. The number of hydrogen-bond donors (Lipinski definition) is 0. The van der Waals surface area contributed by atoms with Crippen LogP contribution in [0.15, 0.2) is 48.5 Å². The molecule has 3 atom stereocenters. The first-order valence-electron chi connectivity index (χ1n) is 9.16. The fourth-order valence-corrected chi connectivity index (χ4v) is 2.93. The van der Waals surface area contributed by atoms with Gasteiger partial charge in [0, 0.05) is 13.5 Å². The summed E-state index contributed by atoms with van der Waals surface area (Å²) in [5.74, 6) is -0.895. The Morgan fingerprint density at radius 2 is 1.46 bits per heavy atom. The molecular formula is C22H24O6. The highest BCUT2D eigenvalue weighted by Gasteiger charge is 2.39. The maximum absolute atomic E-state index is 12.4. The van der Waals surface area contributed by atoms with Crippen molar-refractivity contribution in [3.05, 3.63) is 70.8 Å². The van der Waals surface area contributed by atoms with Crippen LogP contribution in [0, 0.1) is 13.8 Å². The lowest BCUT2D eigenvalue weighted by Crippen LogP contribution is -2.32. The van der Waals surface area contributed by atoms with E-state index in [-0.39, 0.29) is 6.61 Å². The minimum absolute atomic E-state index is 0.0294. The van der Waals surface area contributed by atoms with Gasteiger partial charge in [-0.25, -0.2) is 9.59 Å². The summed E-state index contributed by atoms with van der Waals surface area (Å²) in [7, 11) is 1.52. The van der Waals surface area contributed by atoms with Crippen molar-refractivity contribution in [2.75, 3.05) is 13.7 Å². The van der Waals surface area contributed by atoms with E-state index in [1.54, 1.807) is 24.3 Å². The molecule has 148 valence electrons. The normalized spacial score (nSPS) is 21.3. The third-order valence-electron chi connectivity index (χ3n) is 4.64. The van der Waals surface area contributed by atoms with Crippen LogP contribution >= 0.6 is 0 Å². The second-order valence-electron chi connectivity index (χ2n) is 6.85. The average Bonchev–Trinajstić information content (AvgIpc) is 3.09. The average molecular weight is 384 g/mol. The number of ether oxygens (including phenoxy) is 4. The van der Waals surface area contributed by atoms with E-state index in [0.717, 1.165) is 11.1 Å². The third kappa shape index (κ3) is 4.97. The fourth-order valence-electron chi connectivity index (χ4n) is 2.93. The molecule has 0 aromatic heterocycles. The second-order valence-corrected chi connectivity index (χ2v) is 6.85. The Morgan fingerprint density at radius 1 is 0.929 bits per heavy atom. The van der Waals surface area contributed by atoms with Crippen LogP contribution in [0.5, 0.6) is 0 Å². The molecule has 3 rings (SSSR count). The molecule has 6 heteroatoms. The van der Waals surface area contributed by atoms with Gasteiger partial charge in [0.15, 0.2) is 6.29 Å². The molecule has 1 fully saturated rings. The molecule has 0 aliphatic carbocycles. The van der Waals surface area contributed by atoms with Crippen molar-refractivity contribution in [3.8, 4) is 0 Å². The number of benzene rings is 2. The number of carbonyl (C=O) groups is 2. The maximum atomic E-state index is 12.4. The first-order valence-corrected chi connectivity index (χ1v) is 9.16. The molecule has 0 saturated carbocycles. The van der Waals surface area contributed by atoms with Crippen molar-refractivity contribution >= 4 is 11.9 Å². The highest BCUT2D eigenvalue weighted by molar-refractivity contribution is 5.90. The molecule has 0 spiro atoms. The number of hydrogen-bond acceptors (Lipinski definition) is 6. The summed E-state index contributed by atoms with van der Waals surface area (Å²) in [4.78, 5) is 24.6. The summed E-state index contributed by atoms with van der Waals surface area (Å²) in [6, 6.07) is 14.2. The topological polar surface area (TPSA) is 71.1 Å². The van der Waals surface area contributed by atoms with E-state index in [1.165, 1.54) is 7.11 Å². The Morgan fingerprint density at radius 3 is 2.00 bits per heavy atom. The van der Waals surface area contributed by atoms with Gasteiger partial charge in [-0.15, -0.1) is 0 Å². The van der Waals surface area contributed by atoms with Crippen LogP contribution in [0.4, 0.5) is 0 Å². The molecule has 0 unspecified atom stereocenters. The first kappa shape index (κ1) is 20.0. The summed E-state index contributed by atoms with van der Waals surface area (Å²) in [6.45, 7) is 3.86. The number of esters is 2. The molecule has 1 heterocycles.